The second-order valence-electron chi connectivity index (χ2n) is 5.82. The van der Waals surface area contributed by atoms with E-state index in [1.165, 1.54) is 19.4 Å². The topological polar surface area (TPSA) is 32.5 Å². The molecule has 2 saturated heterocycles. The monoisotopic (exact) mass is 309 g/mol. The van der Waals surface area contributed by atoms with Gasteiger partial charge in [-0.15, -0.1) is 0 Å². The molecule has 2 fully saturated rings. The number of hydrogen-bond acceptors (Lipinski definition) is 3. The van der Waals surface area contributed by atoms with Crippen molar-refractivity contribution >= 4 is 34.5 Å². The molecule has 3 nitrogen and oxygen atoms in total. The fourth-order valence-electron chi connectivity index (χ4n) is 3.42. The Balaban J connectivity index is 1.86. The summed E-state index contributed by atoms with van der Waals surface area (Å²) in [6, 6.07) is 7.07. The average Bonchev–Trinajstić information content (AvgIpc) is 2.84. The van der Waals surface area contributed by atoms with Gasteiger partial charge in [0.25, 0.3) is 0 Å². The number of rotatable bonds is 2. The molecule has 0 aliphatic carbocycles. The van der Waals surface area contributed by atoms with Crippen LogP contribution < -0.4 is 10.6 Å². The molecule has 2 atom stereocenters. The number of hydrogen-bond donors (Lipinski definition) is 1. The quantitative estimate of drug-likeness (QED) is 0.851. The van der Waals surface area contributed by atoms with Gasteiger partial charge in [0.1, 0.15) is 4.99 Å². The number of piperazine rings is 1. The SMILES string of the molecule is CC1CN2CCCC2CN1c1ccc(C(N)=S)cc1Cl. The van der Waals surface area contributed by atoms with E-state index in [1.807, 2.05) is 12.1 Å². The lowest BCUT2D eigenvalue weighted by Crippen LogP contribution is -2.55. The predicted octanol–water partition coefficient (Wildman–Crippen LogP) is 2.65. The molecule has 2 unspecified atom stereocenters. The molecule has 0 amide bonds. The summed E-state index contributed by atoms with van der Waals surface area (Å²) in [5.41, 5.74) is 7.60. The average molecular weight is 310 g/mol. The Bertz CT molecular complexity index is 534. The maximum Gasteiger partial charge on any atom is 0.104 e. The van der Waals surface area contributed by atoms with Gasteiger partial charge in [0.15, 0.2) is 0 Å². The van der Waals surface area contributed by atoms with Crippen molar-refractivity contribution in [2.45, 2.75) is 31.8 Å². The van der Waals surface area contributed by atoms with E-state index in [-0.39, 0.29) is 0 Å². The van der Waals surface area contributed by atoms with Crippen LogP contribution >= 0.6 is 23.8 Å². The molecule has 3 rings (SSSR count). The van der Waals surface area contributed by atoms with E-state index in [1.54, 1.807) is 0 Å². The summed E-state index contributed by atoms with van der Waals surface area (Å²) in [7, 11) is 0. The molecule has 20 heavy (non-hydrogen) atoms. The third-order valence-electron chi connectivity index (χ3n) is 4.48. The predicted molar refractivity (Wildman–Crippen MR) is 88.7 cm³/mol. The van der Waals surface area contributed by atoms with Crippen LogP contribution in [0.3, 0.4) is 0 Å². The van der Waals surface area contributed by atoms with E-state index >= 15 is 0 Å². The fourth-order valence-corrected chi connectivity index (χ4v) is 3.83. The van der Waals surface area contributed by atoms with Gasteiger partial charge in [0, 0.05) is 30.7 Å². The van der Waals surface area contributed by atoms with Crippen LogP contribution in [0.25, 0.3) is 0 Å². The Kier molecular flexibility index (Phi) is 3.89. The van der Waals surface area contributed by atoms with Crippen molar-refractivity contribution in [3.8, 4) is 0 Å². The summed E-state index contributed by atoms with van der Waals surface area (Å²) >= 11 is 11.4. The number of benzene rings is 1. The molecule has 0 spiro atoms. The molecule has 0 bridgehead atoms. The van der Waals surface area contributed by atoms with E-state index in [4.69, 9.17) is 29.6 Å². The van der Waals surface area contributed by atoms with Crippen molar-refractivity contribution in [2.75, 3.05) is 24.5 Å². The zero-order chi connectivity index (χ0) is 14.3. The normalized spacial score (nSPS) is 26.6. The number of anilines is 1. The zero-order valence-electron chi connectivity index (χ0n) is 11.7. The van der Waals surface area contributed by atoms with Crippen molar-refractivity contribution in [2.24, 2.45) is 5.73 Å². The van der Waals surface area contributed by atoms with E-state index < -0.39 is 0 Å². The maximum atomic E-state index is 6.44. The highest BCUT2D eigenvalue weighted by molar-refractivity contribution is 7.80. The third kappa shape index (κ3) is 2.52. The second kappa shape index (κ2) is 5.51. The highest BCUT2D eigenvalue weighted by Crippen LogP contribution is 2.33. The van der Waals surface area contributed by atoms with Crippen molar-refractivity contribution in [1.29, 1.82) is 0 Å². The van der Waals surface area contributed by atoms with Gasteiger partial charge in [-0.2, -0.15) is 0 Å². The van der Waals surface area contributed by atoms with E-state index in [9.17, 15) is 0 Å². The number of nitrogens with two attached hydrogens (primary N) is 1. The van der Waals surface area contributed by atoms with E-state index in [0.29, 0.717) is 17.1 Å². The minimum atomic E-state index is 0.395. The first-order chi connectivity index (χ1) is 9.56. The van der Waals surface area contributed by atoms with Crippen LogP contribution in [0.4, 0.5) is 5.69 Å². The van der Waals surface area contributed by atoms with Gasteiger partial charge in [-0.25, -0.2) is 0 Å². The molecule has 0 aromatic heterocycles. The van der Waals surface area contributed by atoms with E-state index in [2.05, 4.69) is 22.8 Å². The third-order valence-corrected chi connectivity index (χ3v) is 5.02. The molecular weight excluding hydrogens is 290 g/mol. The van der Waals surface area contributed by atoms with Crippen LogP contribution in [0.1, 0.15) is 25.3 Å². The molecule has 2 N–H and O–H groups in total. The van der Waals surface area contributed by atoms with Gasteiger partial charge >= 0.3 is 0 Å². The van der Waals surface area contributed by atoms with E-state index in [0.717, 1.165) is 29.4 Å². The van der Waals surface area contributed by atoms with Crippen molar-refractivity contribution in [1.82, 2.24) is 4.90 Å². The van der Waals surface area contributed by atoms with Gasteiger partial charge in [-0.05, 0) is 44.5 Å². The number of fused-ring (bicyclic) bond motifs is 1. The van der Waals surface area contributed by atoms with Gasteiger partial charge in [0.2, 0.25) is 0 Å². The Morgan fingerprint density at radius 2 is 2.20 bits per heavy atom. The van der Waals surface area contributed by atoms with Gasteiger partial charge in [-0.1, -0.05) is 23.8 Å². The minimum absolute atomic E-state index is 0.395. The van der Waals surface area contributed by atoms with Crippen LogP contribution in [-0.2, 0) is 0 Å². The smallest absolute Gasteiger partial charge is 0.104 e. The van der Waals surface area contributed by atoms with Crippen LogP contribution in [0.15, 0.2) is 18.2 Å². The summed E-state index contributed by atoms with van der Waals surface area (Å²) < 4.78 is 0. The minimum Gasteiger partial charge on any atom is -0.389 e. The Morgan fingerprint density at radius 3 is 2.90 bits per heavy atom. The lowest BCUT2D eigenvalue weighted by atomic mass is 10.1. The summed E-state index contributed by atoms with van der Waals surface area (Å²) in [5.74, 6) is 0. The highest BCUT2D eigenvalue weighted by atomic mass is 35.5. The number of halogens is 1. The van der Waals surface area contributed by atoms with Crippen LogP contribution in [0, 0.1) is 0 Å². The largest absolute Gasteiger partial charge is 0.389 e. The summed E-state index contributed by atoms with van der Waals surface area (Å²) in [5, 5.41) is 0.744. The molecule has 5 heteroatoms. The molecule has 0 radical (unpaired) electrons. The van der Waals surface area contributed by atoms with Crippen LogP contribution in [0.5, 0.6) is 0 Å². The summed E-state index contributed by atoms with van der Waals surface area (Å²) in [6.45, 7) is 5.70. The molecule has 108 valence electrons. The zero-order valence-corrected chi connectivity index (χ0v) is 13.3. The Hall–Kier alpha value is -0.840. The van der Waals surface area contributed by atoms with Gasteiger partial charge in [-0.3, -0.25) is 4.90 Å². The molecule has 2 aliphatic heterocycles. The second-order valence-corrected chi connectivity index (χ2v) is 6.67. The first-order valence-corrected chi connectivity index (χ1v) is 7.95. The molecule has 2 heterocycles. The number of nitrogens with zero attached hydrogens (tertiary/aromatic N) is 2. The first-order valence-electron chi connectivity index (χ1n) is 7.16. The van der Waals surface area contributed by atoms with Crippen molar-refractivity contribution in [3.63, 3.8) is 0 Å². The maximum absolute atomic E-state index is 6.44. The lowest BCUT2D eigenvalue weighted by Gasteiger charge is -2.44. The molecule has 2 aliphatic rings. The van der Waals surface area contributed by atoms with Crippen LogP contribution in [-0.4, -0.2) is 41.6 Å². The van der Waals surface area contributed by atoms with Gasteiger partial charge < -0.3 is 10.6 Å². The standard InChI is InChI=1S/C15H20ClN3S/c1-10-8-18-6-2-3-12(18)9-19(10)14-5-4-11(15(17)20)7-13(14)16/h4-5,7,10,12H,2-3,6,8-9H2,1H3,(H2,17,20). The summed E-state index contributed by atoms with van der Waals surface area (Å²) in [4.78, 5) is 5.43. The molecular formula is C15H20ClN3S. The Morgan fingerprint density at radius 1 is 1.40 bits per heavy atom. The molecule has 0 saturated carbocycles. The fraction of sp³-hybridized carbons (Fsp3) is 0.533. The summed E-state index contributed by atoms with van der Waals surface area (Å²) in [6.07, 6.45) is 2.62. The first kappa shape index (κ1) is 14.1. The van der Waals surface area contributed by atoms with Gasteiger partial charge in [0.05, 0.1) is 10.7 Å². The lowest BCUT2D eigenvalue weighted by molar-refractivity contribution is 0.203. The van der Waals surface area contributed by atoms with Crippen LogP contribution in [0.2, 0.25) is 5.02 Å². The van der Waals surface area contributed by atoms with Crippen molar-refractivity contribution in [3.05, 3.63) is 28.8 Å². The molecule has 1 aromatic carbocycles. The Labute approximate surface area is 130 Å². The highest BCUT2D eigenvalue weighted by Gasteiger charge is 2.34. The molecule has 1 aromatic rings. The number of thiocarbonyl (C=S) groups is 1. The van der Waals surface area contributed by atoms with Crippen molar-refractivity contribution < 1.29 is 0 Å².